The smallest absolute Gasteiger partial charge is 0.181 e. The molecular formula is C9H5ClF3N3. The summed E-state index contributed by atoms with van der Waals surface area (Å²) < 4.78 is 39.8. The maximum atomic E-state index is 13.5. The van der Waals surface area contributed by atoms with Gasteiger partial charge in [-0.05, 0) is 6.07 Å². The van der Waals surface area contributed by atoms with Gasteiger partial charge in [-0.3, -0.25) is 5.10 Å². The van der Waals surface area contributed by atoms with Gasteiger partial charge in [-0.2, -0.15) is 5.10 Å². The van der Waals surface area contributed by atoms with Crippen LogP contribution in [0.5, 0.6) is 0 Å². The van der Waals surface area contributed by atoms with E-state index in [4.69, 9.17) is 17.3 Å². The van der Waals surface area contributed by atoms with Crippen LogP contribution in [0.1, 0.15) is 0 Å². The van der Waals surface area contributed by atoms with Crippen molar-refractivity contribution < 1.29 is 13.2 Å². The lowest BCUT2D eigenvalue weighted by Gasteiger charge is -2.05. The average molecular weight is 248 g/mol. The van der Waals surface area contributed by atoms with Crippen LogP contribution in [0.15, 0.2) is 12.3 Å². The maximum absolute atomic E-state index is 13.5. The van der Waals surface area contributed by atoms with Crippen LogP contribution in [0.3, 0.4) is 0 Å². The zero-order chi connectivity index (χ0) is 11.9. The van der Waals surface area contributed by atoms with E-state index >= 15 is 0 Å². The van der Waals surface area contributed by atoms with Gasteiger partial charge in [0.15, 0.2) is 11.6 Å². The van der Waals surface area contributed by atoms with Gasteiger partial charge < -0.3 is 5.73 Å². The fraction of sp³-hybridized carbons (Fsp3) is 0. The summed E-state index contributed by atoms with van der Waals surface area (Å²) >= 11 is 5.21. The molecule has 1 heterocycles. The van der Waals surface area contributed by atoms with E-state index in [0.29, 0.717) is 0 Å². The summed E-state index contributed by atoms with van der Waals surface area (Å²) in [6, 6.07) is 0.766. The lowest BCUT2D eigenvalue weighted by molar-refractivity contribution is 0.498. The molecule has 0 radical (unpaired) electrons. The predicted molar refractivity (Wildman–Crippen MR) is 53.3 cm³/mol. The molecular weight excluding hydrogens is 243 g/mol. The molecule has 3 N–H and O–H groups in total. The minimum Gasteiger partial charge on any atom is -0.384 e. The number of nitrogens with zero attached hydrogens (tertiary/aromatic N) is 1. The quantitative estimate of drug-likeness (QED) is 0.601. The van der Waals surface area contributed by atoms with Crippen molar-refractivity contribution in [3.8, 4) is 11.1 Å². The Kier molecular flexibility index (Phi) is 2.51. The molecule has 0 amide bonds. The molecule has 84 valence electrons. The second-order valence-corrected chi connectivity index (χ2v) is 3.42. The third kappa shape index (κ3) is 1.51. The van der Waals surface area contributed by atoms with Crippen molar-refractivity contribution in [1.82, 2.24) is 10.2 Å². The van der Waals surface area contributed by atoms with E-state index in [9.17, 15) is 13.2 Å². The molecule has 0 saturated heterocycles. The average Bonchev–Trinajstić information content (AvgIpc) is 2.67. The maximum Gasteiger partial charge on any atom is 0.181 e. The number of halogens is 4. The fourth-order valence-corrected chi connectivity index (χ4v) is 1.42. The zero-order valence-corrected chi connectivity index (χ0v) is 8.45. The van der Waals surface area contributed by atoms with Crippen LogP contribution in [0.4, 0.5) is 19.0 Å². The molecule has 0 fully saturated rings. The standard InChI is InChI=1S/C9H5ClF3N3/c10-6-5(11)1-3(7(12)8(6)13)4-2-15-16-9(4)14/h1-2H,(H3,14,15,16). The lowest BCUT2D eigenvalue weighted by Crippen LogP contribution is -1.96. The highest BCUT2D eigenvalue weighted by atomic mass is 35.5. The van der Waals surface area contributed by atoms with Gasteiger partial charge in [0.1, 0.15) is 16.7 Å². The van der Waals surface area contributed by atoms with Gasteiger partial charge >= 0.3 is 0 Å². The van der Waals surface area contributed by atoms with E-state index in [2.05, 4.69) is 10.2 Å². The zero-order valence-electron chi connectivity index (χ0n) is 7.69. The SMILES string of the molecule is Nc1[nH]ncc1-c1cc(F)c(Cl)c(F)c1F. The molecule has 0 aliphatic carbocycles. The highest BCUT2D eigenvalue weighted by Gasteiger charge is 2.20. The second kappa shape index (κ2) is 3.71. The lowest BCUT2D eigenvalue weighted by atomic mass is 10.1. The van der Waals surface area contributed by atoms with Gasteiger partial charge in [-0.1, -0.05) is 11.6 Å². The van der Waals surface area contributed by atoms with Gasteiger partial charge in [0, 0.05) is 11.1 Å². The predicted octanol–water partition coefficient (Wildman–Crippen LogP) is 2.73. The van der Waals surface area contributed by atoms with Gasteiger partial charge in [-0.25, -0.2) is 13.2 Å². The van der Waals surface area contributed by atoms with E-state index < -0.39 is 22.5 Å². The molecule has 0 aliphatic heterocycles. The first-order chi connectivity index (χ1) is 7.52. The molecule has 7 heteroatoms. The molecule has 2 rings (SSSR count). The summed E-state index contributed by atoms with van der Waals surface area (Å²) in [6.45, 7) is 0. The monoisotopic (exact) mass is 247 g/mol. The third-order valence-electron chi connectivity index (χ3n) is 2.06. The molecule has 16 heavy (non-hydrogen) atoms. The minimum absolute atomic E-state index is 0.0139. The van der Waals surface area contributed by atoms with Crippen molar-refractivity contribution in [1.29, 1.82) is 0 Å². The number of H-pyrrole nitrogens is 1. The minimum atomic E-state index is -1.45. The Balaban J connectivity index is 2.72. The molecule has 0 bridgehead atoms. The molecule has 1 aromatic heterocycles. The van der Waals surface area contributed by atoms with E-state index in [1.165, 1.54) is 6.20 Å². The number of aromatic nitrogens is 2. The molecule has 1 aromatic carbocycles. The number of anilines is 1. The first kappa shape index (κ1) is 10.8. The fourth-order valence-electron chi connectivity index (χ4n) is 1.28. The van der Waals surface area contributed by atoms with Crippen LogP contribution < -0.4 is 5.73 Å². The largest absolute Gasteiger partial charge is 0.384 e. The van der Waals surface area contributed by atoms with Crippen LogP contribution >= 0.6 is 11.6 Å². The number of nitrogen functional groups attached to an aromatic ring is 1. The van der Waals surface area contributed by atoms with E-state index in [-0.39, 0.29) is 16.9 Å². The molecule has 0 atom stereocenters. The van der Waals surface area contributed by atoms with Crippen molar-refractivity contribution in [2.75, 3.05) is 5.73 Å². The second-order valence-electron chi connectivity index (χ2n) is 3.05. The topological polar surface area (TPSA) is 54.7 Å². The van der Waals surface area contributed by atoms with Crippen LogP contribution in [-0.4, -0.2) is 10.2 Å². The summed E-state index contributed by atoms with van der Waals surface area (Å²) in [6.07, 6.45) is 1.17. The Hall–Kier alpha value is -1.69. The Morgan fingerprint density at radius 2 is 1.88 bits per heavy atom. The van der Waals surface area contributed by atoms with Crippen molar-refractivity contribution in [3.63, 3.8) is 0 Å². The van der Waals surface area contributed by atoms with Crippen molar-refractivity contribution >= 4 is 17.4 Å². The van der Waals surface area contributed by atoms with E-state index in [1.807, 2.05) is 0 Å². The molecule has 0 aliphatic rings. The van der Waals surface area contributed by atoms with Crippen molar-refractivity contribution in [3.05, 3.63) is 34.7 Å². The number of nitrogens with two attached hydrogens (primary N) is 1. The van der Waals surface area contributed by atoms with E-state index in [0.717, 1.165) is 6.07 Å². The Morgan fingerprint density at radius 1 is 1.19 bits per heavy atom. The molecule has 0 saturated carbocycles. The van der Waals surface area contributed by atoms with Gasteiger partial charge in [0.05, 0.1) is 6.20 Å². The van der Waals surface area contributed by atoms with Crippen LogP contribution in [0.25, 0.3) is 11.1 Å². The number of hydrogen-bond acceptors (Lipinski definition) is 2. The Morgan fingerprint density at radius 3 is 2.44 bits per heavy atom. The van der Waals surface area contributed by atoms with Gasteiger partial charge in [0.25, 0.3) is 0 Å². The number of rotatable bonds is 1. The van der Waals surface area contributed by atoms with Gasteiger partial charge in [-0.15, -0.1) is 0 Å². The van der Waals surface area contributed by atoms with Crippen LogP contribution in [-0.2, 0) is 0 Å². The first-order valence-electron chi connectivity index (χ1n) is 4.14. The number of benzene rings is 1. The molecule has 2 aromatic rings. The number of nitrogens with one attached hydrogen (secondary N) is 1. The summed E-state index contributed by atoms with van der Waals surface area (Å²) in [4.78, 5) is 0. The highest BCUT2D eigenvalue weighted by molar-refractivity contribution is 6.31. The Labute approximate surface area is 93.0 Å². The number of aromatic amines is 1. The highest BCUT2D eigenvalue weighted by Crippen LogP contribution is 2.32. The van der Waals surface area contributed by atoms with Crippen LogP contribution in [0, 0.1) is 17.5 Å². The summed E-state index contributed by atoms with van der Waals surface area (Å²) in [7, 11) is 0. The summed E-state index contributed by atoms with van der Waals surface area (Å²) in [5, 5.41) is 4.97. The normalized spacial score (nSPS) is 10.8. The van der Waals surface area contributed by atoms with E-state index in [1.54, 1.807) is 0 Å². The van der Waals surface area contributed by atoms with Gasteiger partial charge in [0.2, 0.25) is 0 Å². The third-order valence-corrected chi connectivity index (χ3v) is 2.41. The summed E-state index contributed by atoms with van der Waals surface area (Å²) in [5.41, 5.74) is 5.16. The van der Waals surface area contributed by atoms with Crippen molar-refractivity contribution in [2.45, 2.75) is 0 Å². The summed E-state index contributed by atoms with van der Waals surface area (Å²) in [5.74, 6) is -3.76. The molecule has 0 unspecified atom stereocenters. The van der Waals surface area contributed by atoms with Crippen LogP contribution in [0.2, 0.25) is 5.02 Å². The van der Waals surface area contributed by atoms with Crippen molar-refractivity contribution in [2.24, 2.45) is 0 Å². The Bertz CT molecular complexity index is 553. The molecule has 0 spiro atoms. The number of hydrogen-bond donors (Lipinski definition) is 2. The molecule has 3 nitrogen and oxygen atoms in total. The first-order valence-corrected chi connectivity index (χ1v) is 4.52.